The van der Waals surface area contributed by atoms with Crippen LogP contribution < -0.4 is 9.47 Å². The second kappa shape index (κ2) is 10.3. The molecule has 0 radical (unpaired) electrons. The van der Waals surface area contributed by atoms with Crippen LogP contribution in [-0.4, -0.2) is 48.7 Å². The SMILES string of the molecule is COC(=O)CN1C(=O)S/C(=C\c2cc(Br)c(OC(=O)c3ccccc3Br)c(OC)c2)C1=O. The van der Waals surface area contributed by atoms with Crippen molar-refractivity contribution >= 4 is 72.8 Å². The highest BCUT2D eigenvalue weighted by Gasteiger charge is 2.36. The van der Waals surface area contributed by atoms with E-state index in [1.807, 2.05) is 0 Å². The van der Waals surface area contributed by atoms with Gasteiger partial charge in [-0.1, -0.05) is 12.1 Å². The molecule has 0 N–H and O–H groups in total. The molecule has 32 heavy (non-hydrogen) atoms. The van der Waals surface area contributed by atoms with Crippen LogP contribution in [0.3, 0.4) is 0 Å². The molecule has 2 aromatic carbocycles. The Bertz CT molecular complexity index is 1150. The van der Waals surface area contributed by atoms with Crippen molar-refractivity contribution in [2.24, 2.45) is 0 Å². The third-order valence-electron chi connectivity index (χ3n) is 4.23. The summed E-state index contributed by atoms with van der Waals surface area (Å²) < 4.78 is 16.4. The summed E-state index contributed by atoms with van der Waals surface area (Å²) in [5.41, 5.74) is 0.850. The molecule has 2 aromatic rings. The molecule has 1 aliphatic rings. The van der Waals surface area contributed by atoms with Crippen molar-refractivity contribution in [2.45, 2.75) is 0 Å². The van der Waals surface area contributed by atoms with Crippen LogP contribution in [-0.2, 0) is 14.3 Å². The van der Waals surface area contributed by atoms with Gasteiger partial charge in [-0.3, -0.25) is 19.3 Å². The number of rotatable bonds is 6. The van der Waals surface area contributed by atoms with Gasteiger partial charge in [-0.2, -0.15) is 0 Å². The quantitative estimate of drug-likeness (QED) is 0.275. The van der Waals surface area contributed by atoms with Crippen molar-refractivity contribution in [3.8, 4) is 11.5 Å². The number of benzene rings is 2. The summed E-state index contributed by atoms with van der Waals surface area (Å²) in [7, 11) is 2.58. The average Bonchev–Trinajstić information content (AvgIpc) is 3.02. The zero-order valence-electron chi connectivity index (χ0n) is 16.7. The number of carbonyl (C=O) groups excluding carboxylic acids is 4. The molecule has 1 heterocycles. The first-order chi connectivity index (χ1) is 15.2. The van der Waals surface area contributed by atoms with E-state index >= 15 is 0 Å². The van der Waals surface area contributed by atoms with E-state index in [9.17, 15) is 19.2 Å². The molecular formula is C21H15Br2NO7S. The van der Waals surface area contributed by atoms with E-state index in [0.717, 1.165) is 4.90 Å². The number of amides is 2. The molecule has 0 aliphatic carbocycles. The maximum atomic E-state index is 12.6. The van der Waals surface area contributed by atoms with E-state index in [1.54, 1.807) is 36.4 Å². The molecule has 0 unspecified atom stereocenters. The summed E-state index contributed by atoms with van der Waals surface area (Å²) in [6.07, 6.45) is 1.48. The highest BCUT2D eigenvalue weighted by atomic mass is 79.9. The summed E-state index contributed by atoms with van der Waals surface area (Å²) in [6, 6.07) is 10.00. The van der Waals surface area contributed by atoms with Gasteiger partial charge in [0.15, 0.2) is 11.5 Å². The Hall–Kier alpha value is -2.63. The van der Waals surface area contributed by atoms with E-state index < -0.39 is 29.6 Å². The highest BCUT2D eigenvalue weighted by molar-refractivity contribution is 9.10. The maximum Gasteiger partial charge on any atom is 0.344 e. The molecule has 1 aliphatic heterocycles. The van der Waals surface area contributed by atoms with Gasteiger partial charge in [0.05, 0.1) is 29.2 Å². The third kappa shape index (κ3) is 5.22. The lowest BCUT2D eigenvalue weighted by Gasteiger charge is -2.13. The van der Waals surface area contributed by atoms with Crippen LogP contribution in [0.15, 0.2) is 50.2 Å². The summed E-state index contributed by atoms with van der Waals surface area (Å²) >= 11 is 7.38. The number of esters is 2. The first-order valence-corrected chi connectivity index (χ1v) is 11.3. The Kier molecular flexibility index (Phi) is 7.75. The second-order valence-corrected chi connectivity index (χ2v) is 8.95. The number of thioether (sulfide) groups is 1. The first kappa shape index (κ1) is 24.0. The van der Waals surface area contributed by atoms with Gasteiger partial charge in [0, 0.05) is 4.47 Å². The van der Waals surface area contributed by atoms with E-state index in [1.165, 1.54) is 20.3 Å². The molecule has 8 nitrogen and oxygen atoms in total. The van der Waals surface area contributed by atoms with Gasteiger partial charge in [0.2, 0.25) is 0 Å². The topological polar surface area (TPSA) is 99.2 Å². The van der Waals surface area contributed by atoms with Gasteiger partial charge >= 0.3 is 11.9 Å². The summed E-state index contributed by atoms with van der Waals surface area (Å²) in [4.78, 5) is 49.5. The minimum absolute atomic E-state index is 0.130. The number of halogens is 2. The number of imide groups is 1. The van der Waals surface area contributed by atoms with Crippen molar-refractivity contribution in [1.29, 1.82) is 0 Å². The predicted octanol–water partition coefficient (Wildman–Crippen LogP) is 4.65. The van der Waals surface area contributed by atoms with Gasteiger partial charge in [-0.25, -0.2) is 4.79 Å². The smallest absolute Gasteiger partial charge is 0.344 e. The fraction of sp³-hybridized carbons (Fsp3) is 0.143. The highest BCUT2D eigenvalue weighted by Crippen LogP contribution is 2.39. The molecule has 166 valence electrons. The molecular weight excluding hydrogens is 570 g/mol. The average molecular weight is 585 g/mol. The number of carbonyl (C=O) groups is 4. The summed E-state index contributed by atoms with van der Waals surface area (Å²) in [6.45, 7) is -0.463. The molecule has 0 aromatic heterocycles. The van der Waals surface area contributed by atoms with Crippen LogP contribution in [0.5, 0.6) is 11.5 Å². The van der Waals surface area contributed by atoms with Crippen LogP contribution in [0.4, 0.5) is 4.79 Å². The van der Waals surface area contributed by atoms with Crippen molar-refractivity contribution in [3.05, 3.63) is 61.4 Å². The molecule has 1 fully saturated rings. The Balaban J connectivity index is 1.88. The number of methoxy groups -OCH3 is 2. The lowest BCUT2D eigenvalue weighted by atomic mass is 10.1. The van der Waals surface area contributed by atoms with Gasteiger partial charge in [-0.05, 0) is 79.5 Å². The van der Waals surface area contributed by atoms with Crippen molar-refractivity contribution in [2.75, 3.05) is 20.8 Å². The first-order valence-electron chi connectivity index (χ1n) is 8.91. The van der Waals surface area contributed by atoms with Crippen LogP contribution >= 0.6 is 43.6 Å². The van der Waals surface area contributed by atoms with Crippen LogP contribution in [0.25, 0.3) is 6.08 Å². The molecule has 0 spiro atoms. The Morgan fingerprint density at radius 3 is 2.47 bits per heavy atom. The minimum atomic E-state index is -0.700. The van der Waals surface area contributed by atoms with Crippen LogP contribution in [0.1, 0.15) is 15.9 Å². The molecule has 2 amide bonds. The van der Waals surface area contributed by atoms with Crippen molar-refractivity contribution in [1.82, 2.24) is 4.90 Å². The number of hydrogen-bond acceptors (Lipinski definition) is 8. The molecule has 1 saturated heterocycles. The lowest BCUT2D eigenvalue weighted by molar-refractivity contribution is -0.143. The van der Waals surface area contributed by atoms with Gasteiger partial charge in [0.25, 0.3) is 11.1 Å². The Morgan fingerprint density at radius 2 is 1.81 bits per heavy atom. The zero-order valence-corrected chi connectivity index (χ0v) is 20.7. The van der Waals surface area contributed by atoms with E-state index in [2.05, 4.69) is 36.6 Å². The fourth-order valence-electron chi connectivity index (χ4n) is 2.68. The monoisotopic (exact) mass is 583 g/mol. The standard InChI is InChI=1S/C21H15Br2NO7S/c1-29-15-8-11(9-16-19(26)24(21(28)32-16)10-17(25)30-2)7-14(23)18(15)31-20(27)12-5-3-4-6-13(12)22/h3-9H,10H2,1-2H3/b16-9-. The second-order valence-electron chi connectivity index (χ2n) is 6.25. The number of ether oxygens (including phenoxy) is 3. The van der Waals surface area contributed by atoms with Crippen LogP contribution in [0.2, 0.25) is 0 Å². The Morgan fingerprint density at radius 1 is 1.09 bits per heavy atom. The van der Waals surface area contributed by atoms with Crippen LogP contribution in [0, 0.1) is 0 Å². The molecule has 11 heteroatoms. The van der Waals surface area contributed by atoms with E-state index in [4.69, 9.17) is 9.47 Å². The molecule has 3 rings (SSSR count). The minimum Gasteiger partial charge on any atom is -0.493 e. The lowest BCUT2D eigenvalue weighted by Crippen LogP contribution is -2.34. The van der Waals surface area contributed by atoms with Gasteiger partial charge < -0.3 is 14.2 Å². The molecule has 0 saturated carbocycles. The zero-order chi connectivity index (χ0) is 23.4. The largest absolute Gasteiger partial charge is 0.493 e. The predicted molar refractivity (Wildman–Crippen MR) is 124 cm³/mol. The summed E-state index contributed by atoms with van der Waals surface area (Å²) in [5, 5.41) is -0.573. The van der Waals surface area contributed by atoms with E-state index in [0.29, 0.717) is 31.8 Å². The number of nitrogens with zero attached hydrogens (tertiary/aromatic N) is 1. The van der Waals surface area contributed by atoms with Gasteiger partial charge in [-0.15, -0.1) is 0 Å². The van der Waals surface area contributed by atoms with E-state index in [-0.39, 0.29) is 16.4 Å². The number of hydrogen-bond donors (Lipinski definition) is 0. The van der Waals surface area contributed by atoms with Crippen molar-refractivity contribution < 1.29 is 33.4 Å². The third-order valence-corrected chi connectivity index (χ3v) is 6.41. The normalized spacial score (nSPS) is 14.6. The van der Waals surface area contributed by atoms with Crippen molar-refractivity contribution in [3.63, 3.8) is 0 Å². The summed E-state index contributed by atoms with van der Waals surface area (Å²) in [5.74, 6) is -1.50. The maximum absolute atomic E-state index is 12.6. The molecule has 0 atom stereocenters. The molecule has 0 bridgehead atoms. The fourth-order valence-corrected chi connectivity index (χ4v) is 4.50. The Labute approximate surface area is 204 Å². The van der Waals surface area contributed by atoms with Gasteiger partial charge in [0.1, 0.15) is 6.54 Å².